The van der Waals surface area contributed by atoms with Gasteiger partial charge in [0, 0.05) is 40.5 Å². The van der Waals surface area contributed by atoms with Crippen molar-refractivity contribution >= 4 is 43.7 Å². The molecule has 216 valence electrons. The molecule has 0 bridgehead atoms. The van der Waals surface area contributed by atoms with E-state index in [1.807, 2.05) is 103 Å². The molecule has 0 saturated heterocycles. The van der Waals surface area contributed by atoms with E-state index < -0.39 is 11.6 Å². The van der Waals surface area contributed by atoms with Crippen LogP contribution in [-0.4, -0.2) is 35.7 Å². The molecule has 5 rings (SSSR count). The van der Waals surface area contributed by atoms with E-state index in [0.717, 1.165) is 31.2 Å². The SMILES string of the molecule is O=C(NNCc1ccccc1)[C@@]1(Cc2ccc(Br)cc2)N=C(c2ccc(OCCCO)cc2)O[C@H]1c1ccc(Br)cc1. The maximum absolute atomic E-state index is 14.2. The van der Waals surface area contributed by atoms with Crippen molar-refractivity contribution in [3.05, 3.63) is 134 Å². The number of amides is 1. The van der Waals surface area contributed by atoms with Crippen molar-refractivity contribution in [1.82, 2.24) is 10.9 Å². The second kappa shape index (κ2) is 14.1. The van der Waals surface area contributed by atoms with E-state index >= 15 is 0 Å². The maximum Gasteiger partial charge on any atom is 0.266 e. The topological polar surface area (TPSA) is 92.2 Å². The van der Waals surface area contributed by atoms with E-state index in [1.165, 1.54) is 0 Å². The van der Waals surface area contributed by atoms with Gasteiger partial charge in [-0.1, -0.05) is 86.5 Å². The smallest absolute Gasteiger partial charge is 0.266 e. The van der Waals surface area contributed by atoms with Gasteiger partial charge >= 0.3 is 0 Å². The van der Waals surface area contributed by atoms with Gasteiger partial charge in [-0.05, 0) is 65.2 Å². The summed E-state index contributed by atoms with van der Waals surface area (Å²) in [6.07, 6.45) is 0.174. The molecule has 0 unspecified atom stereocenters. The largest absolute Gasteiger partial charge is 0.494 e. The minimum absolute atomic E-state index is 0.0723. The van der Waals surface area contributed by atoms with Gasteiger partial charge in [-0.3, -0.25) is 10.2 Å². The molecule has 0 aliphatic carbocycles. The van der Waals surface area contributed by atoms with E-state index in [1.54, 1.807) is 0 Å². The number of aliphatic hydroxyl groups excluding tert-OH is 1. The third-order valence-electron chi connectivity index (χ3n) is 6.93. The Hall–Kier alpha value is -3.50. The van der Waals surface area contributed by atoms with Crippen LogP contribution in [0.1, 0.15) is 34.8 Å². The average molecular weight is 693 g/mol. The zero-order valence-electron chi connectivity index (χ0n) is 22.8. The molecule has 42 heavy (non-hydrogen) atoms. The molecule has 1 heterocycles. The number of nitrogens with one attached hydrogen (secondary N) is 2. The highest BCUT2D eigenvalue weighted by atomic mass is 79.9. The standard InChI is InChI=1S/C33H31Br2N3O4/c34-27-13-7-23(8-14-27)21-33(32(40)38-36-22-24-5-2-1-3-6-24)30(25-9-15-28(35)16-10-25)42-31(37-33)26-11-17-29(18-12-26)41-20-4-19-39/h1-3,5-18,30,36,39H,4,19-22H2,(H,38,40)/t30-,33-/m0/s1. The van der Waals surface area contributed by atoms with Gasteiger partial charge in [0.25, 0.3) is 5.91 Å². The van der Waals surface area contributed by atoms with E-state index in [9.17, 15) is 4.79 Å². The number of nitrogens with zero attached hydrogens (tertiary/aromatic N) is 1. The average Bonchev–Trinajstić information content (AvgIpc) is 3.40. The van der Waals surface area contributed by atoms with Gasteiger partial charge in [-0.2, -0.15) is 0 Å². The summed E-state index contributed by atoms with van der Waals surface area (Å²) in [5.41, 5.74) is 8.26. The predicted molar refractivity (Wildman–Crippen MR) is 170 cm³/mol. The Kier molecular flexibility index (Phi) is 10.1. The number of hydrogen-bond acceptors (Lipinski definition) is 6. The lowest BCUT2D eigenvalue weighted by Crippen LogP contribution is -2.53. The first-order valence-corrected chi connectivity index (χ1v) is 15.2. The van der Waals surface area contributed by atoms with Crippen LogP contribution in [0.25, 0.3) is 0 Å². The number of hydrogen-bond donors (Lipinski definition) is 3. The lowest BCUT2D eigenvalue weighted by Gasteiger charge is -2.31. The van der Waals surface area contributed by atoms with Crippen molar-refractivity contribution < 1.29 is 19.4 Å². The molecular formula is C33H31Br2N3O4. The summed E-state index contributed by atoms with van der Waals surface area (Å²) in [6.45, 7) is 0.952. The van der Waals surface area contributed by atoms with Crippen LogP contribution >= 0.6 is 31.9 Å². The quantitative estimate of drug-likeness (QED) is 0.120. The summed E-state index contributed by atoms with van der Waals surface area (Å²) in [5.74, 6) is 0.757. The van der Waals surface area contributed by atoms with Crippen LogP contribution in [0.3, 0.4) is 0 Å². The van der Waals surface area contributed by atoms with Crippen molar-refractivity contribution in [2.75, 3.05) is 13.2 Å². The predicted octanol–water partition coefficient (Wildman–Crippen LogP) is 6.29. The Morgan fingerprint density at radius 1 is 0.881 bits per heavy atom. The fourth-order valence-corrected chi connectivity index (χ4v) is 5.29. The van der Waals surface area contributed by atoms with Crippen LogP contribution in [0.5, 0.6) is 5.75 Å². The van der Waals surface area contributed by atoms with Gasteiger partial charge in [0.1, 0.15) is 5.75 Å². The highest BCUT2D eigenvalue weighted by Gasteiger charge is 2.53. The monoisotopic (exact) mass is 691 g/mol. The van der Waals surface area contributed by atoms with Gasteiger partial charge in [0.05, 0.1) is 6.61 Å². The molecule has 3 N–H and O–H groups in total. The molecular weight excluding hydrogens is 662 g/mol. The molecule has 0 radical (unpaired) electrons. The fourth-order valence-electron chi connectivity index (χ4n) is 4.76. The number of carbonyl (C=O) groups excluding carboxylic acids is 1. The normalized spacial score (nSPS) is 17.8. The molecule has 1 amide bonds. The van der Waals surface area contributed by atoms with Crippen molar-refractivity contribution in [2.24, 2.45) is 4.99 Å². The fraction of sp³-hybridized carbons (Fsp3) is 0.212. The zero-order chi connectivity index (χ0) is 29.4. The Balaban J connectivity index is 1.51. The molecule has 0 fully saturated rings. The number of aliphatic imine (C=N–C) groups is 1. The summed E-state index contributed by atoms with van der Waals surface area (Å²) < 4.78 is 14.1. The molecule has 1 aliphatic heterocycles. The highest BCUT2D eigenvalue weighted by molar-refractivity contribution is 9.10. The van der Waals surface area contributed by atoms with E-state index in [2.05, 4.69) is 42.7 Å². The van der Waals surface area contributed by atoms with E-state index in [0.29, 0.717) is 37.6 Å². The minimum atomic E-state index is -1.31. The second-order valence-electron chi connectivity index (χ2n) is 9.94. The van der Waals surface area contributed by atoms with E-state index in [4.69, 9.17) is 19.6 Å². The van der Waals surface area contributed by atoms with E-state index in [-0.39, 0.29) is 12.5 Å². The van der Waals surface area contributed by atoms with Gasteiger partial charge in [-0.15, -0.1) is 0 Å². The number of rotatable bonds is 12. The molecule has 0 saturated carbocycles. The van der Waals surface area contributed by atoms with Gasteiger partial charge in [0.15, 0.2) is 11.6 Å². The van der Waals surface area contributed by atoms with Gasteiger partial charge < -0.3 is 14.6 Å². The lowest BCUT2D eigenvalue weighted by molar-refractivity contribution is -0.130. The molecule has 4 aromatic rings. The summed E-state index contributed by atoms with van der Waals surface area (Å²) in [6, 6.07) is 32.9. The van der Waals surface area contributed by atoms with Crippen molar-refractivity contribution in [3.63, 3.8) is 0 Å². The molecule has 0 spiro atoms. The van der Waals surface area contributed by atoms with Gasteiger partial charge in [-0.25, -0.2) is 10.4 Å². The minimum Gasteiger partial charge on any atom is -0.494 e. The first kappa shape index (κ1) is 30.0. The Morgan fingerprint density at radius 3 is 2.21 bits per heavy atom. The molecule has 2 atom stereocenters. The van der Waals surface area contributed by atoms with Crippen molar-refractivity contribution in [2.45, 2.75) is 31.0 Å². The summed E-state index contributed by atoms with van der Waals surface area (Å²) in [7, 11) is 0. The third kappa shape index (κ3) is 7.28. The lowest BCUT2D eigenvalue weighted by atomic mass is 9.82. The van der Waals surface area contributed by atoms with Crippen LogP contribution in [0.4, 0.5) is 0 Å². The molecule has 7 nitrogen and oxygen atoms in total. The van der Waals surface area contributed by atoms with Crippen LogP contribution < -0.4 is 15.6 Å². The Bertz CT molecular complexity index is 1500. The number of benzene rings is 4. The van der Waals surface area contributed by atoms with Crippen LogP contribution in [-0.2, 0) is 22.5 Å². The summed E-state index contributed by atoms with van der Waals surface area (Å²) >= 11 is 7.03. The zero-order valence-corrected chi connectivity index (χ0v) is 26.0. The van der Waals surface area contributed by atoms with Crippen molar-refractivity contribution in [3.8, 4) is 5.75 Å². The van der Waals surface area contributed by atoms with Crippen molar-refractivity contribution in [1.29, 1.82) is 0 Å². The van der Waals surface area contributed by atoms with Crippen LogP contribution in [0.2, 0.25) is 0 Å². The molecule has 1 aliphatic rings. The van der Waals surface area contributed by atoms with Gasteiger partial charge in [0.2, 0.25) is 5.90 Å². The summed E-state index contributed by atoms with van der Waals surface area (Å²) in [4.78, 5) is 19.3. The number of ether oxygens (including phenoxy) is 2. The number of carbonyl (C=O) groups is 1. The van der Waals surface area contributed by atoms with Crippen LogP contribution in [0.15, 0.2) is 117 Å². The summed E-state index contributed by atoms with van der Waals surface area (Å²) in [5, 5.41) is 9.04. The molecule has 0 aromatic heterocycles. The Labute approximate surface area is 262 Å². The third-order valence-corrected chi connectivity index (χ3v) is 7.98. The number of halogens is 2. The molecule has 4 aromatic carbocycles. The maximum atomic E-state index is 14.2. The molecule has 9 heteroatoms. The second-order valence-corrected chi connectivity index (χ2v) is 11.8. The highest BCUT2D eigenvalue weighted by Crippen LogP contribution is 2.43. The first-order valence-electron chi connectivity index (χ1n) is 13.6. The first-order chi connectivity index (χ1) is 20.5. The van der Waals surface area contributed by atoms with Crippen LogP contribution in [0, 0.1) is 0 Å². The number of aliphatic hydroxyl groups is 1. The Morgan fingerprint density at radius 2 is 1.55 bits per heavy atom. The number of hydrazine groups is 1.